The molecule has 0 amide bonds. The van der Waals surface area contributed by atoms with E-state index in [1.54, 1.807) is 0 Å². The van der Waals surface area contributed by atoms with E-state index in [1.165, 1.54) is 6.42 Å². The third-order valence-corrected chi connectivity index (χ3v) is 4.05. The second-order valence-corrected chi connectivity index (χ2v) is 4.77. The highest BCUT2D eigenvalue weighted by atomic mass is 16.5. The molecule has 2 saturated heterocycles. The fourth-order valence-corrected chi connectivity index (χ4v) is 3.30. The summed E-state index contributed by atoms with van der Waals surface area (Å²) < 4.78 is 10.9. The minimum absolute atomic E-state index is 0.00338. The SMILES string of the molecule is CCOC(=O)C1CC12CC1CCC2O1. The highest BCUT2D eigenvalue weighted by Gasteiger charge is 2.69. The van der Waals surface area contributed by atoms with Gasteiger partial charge in [0.15, 0.2) is 0 Å². The van der Waals surface area contributed by atoms with Gasteiger partial charge in [0.1, 0.15) is 0 Å². The molecule has 1 spiro atoms. The van der Waals surface area contributed by atoms with E-state index in [-0.39, 0.29) is 17.3 Å². The quantitative estimate of drug-likeness (QED) is 0.628. The summed E-state index contributed by atoms with van der Waals surface area (Å²) in [7, 11) is 0. The highest BCUT2D eigenvalue weighted by Crippen LogP contribution is 2.67. The molecule has 3 fully saturated rings. The Balaban J connectivity index is 1.69. The van der Waals surface area contributed by atoms with Crippen molar-refractivity contribution in [1.29, 1.82) is 0 Å². The summed E-state index contributed by atoms with van der Waals surface area (Å²) in [6.07, 6.45) is 5.26. The van der Waals surface area contributed by atoms with Crippen LogP contribution in [0.1, 0.15) is 32.6 Å². The lowest BCUT2D eigenvalue weighted by Crippen LogP contribution is -2.23. The Bertz CT molecular complexity index is 276. The van der Waals surface area contributed by atoms with Gasteiger partial charge in [-0.05, 0) is 32.6 Å². The lowest BCUT2D eigenvalue weighted by atomic mass is 9.84. The van der Waals surface area contributed by atoms with Crippen molar-refractivity contribution in [3.8, 4) is 0 Å². The molecule has 3 rings (SSSR count). The van der Waals surface area contributed by atoms with Gasteiger partial charge in [-0.1, -0.05) is 0 Å². The number of fused-ring (bicyclic) bond motifs is 3. The Morgan fingerprint density at radius 1 is 1.50 bits per heavy atom. The van der Waals surface area contributed by atoms with Gasteiger partial charge >= 0.3 is 5.97 Å². The Hall–Kier alpha value is -0.570. The largest absolute Gasteiger partial charge is 0.466 e. The number of rotatable bonds is 2. The van der Waals surface area contributed by atoms with E-state index in [0.29, 0.717) is 18.8 Å². The molecule has 4 atom stereocenters. The molecule has 0 aromatic carbocycles. The normalized spacial score (nSPS) is 48.5. The van der Waals surface area contributed by atoms with Gasteiger partial charge in [-0.2, -0.15) is 0 Å². The molecule has 0 N–H and O–H groups in total. The van der Waals surface area contributed by atoms with E-state index in [2.05, 4.69) is 0 Å². The van der Waals surface area contributed by atoms with Crippen LogP contribution in [0.2, 0.25) is 0 Å². The molecular weight excluding hydrogens is 180 g/mol. The van der Waals surface area contributed by atoms with E-state index in [9.17, 15) is 4.79 Å². The van der Waals surface area contributed by atoms with Crippen LogP contribution in [0.5, 0.6) is 0 Å². The minimum Gasteiger partial charge on any atom is -0.466 e. The first-order valence-electron chi connectivity index (χ1n) is 5.58. The lowest BCUT2D eigenvalue weighted by molar-refractivity contribution is -0.146. The molecule has 1 aliphatic carbocycles. The summed E-state index contributed by atoms with van der Waals surface area (Å²) >= 11 is 0. The predicted molar refractivity (Wildman–Crippen MR) is 49.7 cm³/mol. The zero-order chi connectivity index (χ0) is 9.76. The summed E-state index contributed by atoms with van der Waals surface area (Å²) in [5, 5.41) is 0. The molecule has 0 aromatic heterocycles. The molecule has 1 saturated carbocycles. The molecule has 14 heavy (non-hydrogen) atoms. The van der Waals surface area contributed by atoms with Gasteiger partial charge in [0, 0.05) is 5.41 Å². The fraction of sp³-hybridized carbons (Fsp3) is 0.909. The monoisotopic (exact) mass is 196 g/mol. The summed E-state index contributed by atoms with van der Waals surface area (Å²) in [4.78, 5) is 11.6. The molecule has 0 radical (unpaired) electrons. The van der Waals surface area contributed by atoms with Crippen molar-refractivity contribution >= 4 is 5.97 Å². The molecule has 2 heterocycles. The van der Waals surface area contributed by atoms with Crippen LogP contribution in [-0.4, -0.2) is 24.8 Å². The Morgan fingerprint density at radius 3 is 2.93 bits per heavy atom. The molecule has 3 aliphatic rings. The van der Waals surface area contributed by atoms with Crippen LogP contribution in [-0.2, 0) is 14.3 Å². The van der Waals surface area contributed by atoms with E-state index >= 15 is 0 Å². The molecule has 0 aromatic rings. The first kappa shape index (κ1) is 8.72. The van der Waals surface area contributed by atoms with E-state index in [0.717, 1.165) is 19.3 Å². The van der Waals surface area contributed by atoms with Crippen LogP contribution in [0.3, 0.4) is 0 Å². The maximum Gasteiger partial charge on any atom is 0.309 e. The summed E-state index contributed by atoms with van der Waals surface area (Å²) in [6, 6.07) is 0. The zero-order valence-corrected chi connectivity index (χ0v) is 8.49. The molecule has 3 heteroatoms. The third kappa shape index (κ3) is 0.991. The van der Waals surface area contributed by atoms with E-state index in [1.807, 2.05) is 6.92 Å². The van der Waals surface area contributed by atoms with Crippen molar-refractivity contribution in [2.24, 2.45) is 11.3 Å². The first-order valence-corrected chi connectivity index (χ1v) is 5.58. The van der Waals surface area contributed by atoms with Crippen LogP contribution in [0, 0.1) is 11.3 Å². The minimum atomic E-state index is 0.00338. The number of esters is 1. The zero-order valence-electron chi connectivity index (χ0n) is 8.49. The van der Waals surface area contributed by atoms with Crippen LogP contribution < -0.4 is 0 Å². The smallest absolute Gasteiger partial charge is 0.309 e. The maximum atomic E-state index is 11.6. The molecule has 3 nitrogen and oxygen atoms in total. The second-order valence-electron chi connectivity index (χ2n) is 4.77. The average Bonchev–Trinajstić information content (AvgIpc) is 2.57. The second kappa shape index (κ2) is 2.72. The van der Waals surface area contributed by atoms with Crippen LogP contribution in [0.4, 0.5) is 0 Å². The summed E-state index contributed by atoms with van der Waals surface area (Å²) in [5.41, 5.74) is 0.204. The van der Waals surface area contributed by atoms with E-state index < -0.39 is 0 Å². The summed E-state index contributed by atoms with van der Waals surface area (Å²) in [6.45, 7) is 2.37. The van der Waals surface area contributed by atoms with Crippen molar-refractivity contribution in [2.45, 2.75) is 44.8 Å². The molecular formula is C11H16O3. The van der Waals surface area contributed by atoms with Crippen LogP contribution in [0.25, 0.3) is 0 Å². The Labute approximate surface area is 83.8 Å². The van der Waals surface area contributed by atoms with Crippen LogP contribution >= 0.6 is 0 Å². The van der Waals surface area contributed by atoms with Gasteiger partial charge in [0.2, 0.25) is 0 Å². The Kier molecular flexibility index (Phi) is 1.69. The molecule has 2 aliphatic heterocycles. The number of hydrogen-bond acceptors (Lipinski definition) is 3. The van der Waals surface area contributed by atoms with E-state index in [4.69, 9.17) is 9.47 Å². The predicted octanol–water partition coefficient (Wildman–Crippen LogP) is 1.51. The first-order chi connectivity index (χ1) is 6.76. The van der Waals surface area contributed by atoms with Gasteiger partial charge in [-0.15, -0.1) is 0 Å². The average molecular weight is 196 g/mol. The molecule has 2 bridgehead atoms. The standard InChI is InChI=1S/C11H16O3/c1-2-13-10(12)8-6-11(8)5-7-3-4-9(11)14-7/h7-9H,2-6H2,1H3. The van der Waals surface area contributed by atoms with Crippen molar-refractivity contribution in [1.82, 2.24) is 0 Å². The van der Waals surface area contributed by atoms with Gasteiger partial charge in [-0.25, -0.2) is 0 Å². The van der Waals surface area contributed by atoms with Crippen molar-refractivity contribution < 1.29 is 14.3 Å². The number of carbonyl (C=O) groups is 1. The molecule has 78 valence electrons. The fourth-order valence-electron chi connectivity index (χ4n) is 3.30. The van der Waals surface area contributed by atoms with Crippen molar-refractivity contribution in [2.75, 3.05) is 6.61 Å². The summed E-state index contributed by atoms with van der Waals surface area (Å²) in [5.74, 6) is 0.154. The lowest BCUT2D eigenvalue weighted by Gasteiger charge is -2.18. The molecule has 4 unspecified atom stereocenters. The van der Waals surface area contributed by atoms with Gasteiger partial charge in [-0.3, -0.25) is 4.79 Å². The van der Waals surface area contributed by atoms with Gasteiger partial charge < -0.3 is 9.47 Å². The number of ether oxygens (including phenoxy) is 2. The number of hydrogen-bond donors (Lipinski definition) is 0. The van der Waals surface area contributed by atoms with Crippen LogP contribution in [0.15, 0.2) is 0 Å². The Morgan fingerprint density at radius 2 is 2.36 bits per heavy atom. The van der Waals surface area contributed by atoms with Crippen molar-refractivity contribution in [3.63, 3.8) is 0 Å². The number of carbonyl (C=O) groups excluding carboxylic acids is 1. The van der Waals surface area contributed by atoms with Crippen molar-refractivity contribution in [3.05, 3.63) is 0 Å². The topological polar surface area (TPSA) is 35.5 Å². The van der Waals surface area contributed by atoms with Gasteiger partial charge in [0.25, 0.3) is 0 Å². The highest BCUT2D eigenvalue weighted by molar-refractivity contribution is 5.77. The maximum absolute atomic E-state index is 11.6. The third-order valence-electron chi connectivity index (χ3n) is 4.05. The van der Waals surface area contributed by atoms with Gasteiger partial charge in [0.05, 0.1) is 24.7 Å².